The molecule has 0 aliphatic heterocycles. The molecule has 0 aliphatic rings. The number of hydrogen-bond donors (Lipinski definition) is 0. The Hall–Kier alpha value is -2.48. The molecular formula is C13H11FN4. The maximum Gasteiger partial charge on any atom is 0.183 e. The van der Waals surface area contributed by atoms with Crippen molar-refractivity contribution in [3.8, 4) is 6.07 Å². The molecule has 0 aliphatic carbocycles. The fraction of sp³-hybridized carbons (Fsp3) is 0.154. The molecule has 0 unspecified atom stereocenters. The highest BCUT2D eigenvalue weighted by molar-refractivity contribution is 5.63. The SMILES string of the molecule is CCN(c1cccc(F)c1)c1nccnc1C#N. The molecule has 5 heteroatoms. The Morgan fingerprint density at radius 2 is 2.11 bits per heavy atom. The first-order chi connectivity index (χ1) is 8.76. The molecule has 0 saturated carbocycles. The second-order valence-corrected chi connectivity index (χ2v) is 3.56. The maximum absolute atomic E-state index is 13.2. The third-order valence-corrected chi connectivity index (χ3v) is 2.48. The van der Waals surface area contributed by atoms with Crippen molar-refractivity contribution in [2.75, 3.05) is 11.4 Å². The number of benzene rings is 1. The molecule has 0 saturated heterocycles. The highest BCUT2D eigenvalue weighted by Crippen LogP contribution is 2.25. The van der Waals surface area contributed by atoms with Gasteiger partial charge in [-0.15, -0.1) is 0 Å². The second-order valence-electron chi connectivity index (χ2n) is 3.56. The van der Waals surface area contributed by atoms with Crippen LogP contribution in [0.1, 0.15) is 12.6 Å². The van der Waals surface area contributed by atoms with Gasteiger partial charge >= 0.3 is 0 Å². The van der Waals surface area contributed by atoms with Gasteiger partial charge in [-0.2, -0.15) is 5.26 Å². The zero-order valence-electron chi connectivity index (χ0n) is 9.84. The standard InChI is InChI=1S/C13H11FN4/c1-2-18(11-5-3-4-10(14)8-11)13-12(9-15)16-6-7-17-13/h3-8H,2H2,1H3. The van der Waals surface area contributed by atoms with E-state index in [0.29, 0.717) is 18.1 Å². The number of aromatic nitrogens is 2. The first-order valence-electron chi connectivity index (χ1n) is 5.50. The number of nitriles is 1. The van der Waals surface area contributed by atoms with Crippen molar-refractivity contribution in [2.24, 2.45) is 0 Å². The van der Waals surface area contributed by atoms with Crippen LogP contribution in [0.5, 0.6) is 0 Å². The summed E-state index contributed by atoms with van der Waals surface area (Å²) in [4.78, 5) is 9.84. The molecule has 0 spiro atoms. The van der Waals surface area contributed by atoms with E-state index in [1.165, 1.54) is 24.5 Å². The molecule has 90 valence electrons. The van der Waals surface area contributed by atoms with Gasteiger partial charge in [0.1, 0.15) is 11.9 Å². The van der Waals surface area contributed by atoms with E-state index in [1.807, 2.05) is 13.0 Å². The van der Waals surface area contributed by atoms with E-state index in [9.17, 15) is 4.39 Å². The van der Waals surface area contributed by atoms with E-state index < -0.39 is 0 Å². The Kier molecular flexibility index (Phi) is 3.49. The Bertz CT molecular complexity index is 592. The molecule has 0 amide bonds. The van der Waals surface area contributed by atoms with Crippen LogP contribution in [-0.2, 0) is 0 Å². The summed E-state index contributed by atoms with van der Waals surface area (Å²) in [6.07, 6.45) is 2.97. The maximum atomic E-state index is 13.2. The van der Waals surface area contributed by atoms with Crippen LogP contribution in [0.25, 0.3) is 0 Å². The van der Waals surface area contributed by atoms with Crippen molar-refractivity contribution in [1.82, 2.24) is 9.97 Å². The van der Waals surface area contributed by atoms with Crippen molar-refractivity contribution < 1.29 is 4.39 Å². The normalized spacial score (nSPS) is 9.83. The van der Waals surface area contributed by atoms with Gasteiger partial charge in [-0.25, -0.2) is 14.4 Å². The van der Waals surface area contributed by atoms with Gasteiger partial charge in [-0.3, -0.25) is 0 Å². The number of hydrogen-bond acceptors (Lipinski definition) is 4. The molecule has 1 heterocycles. The highest BCUT2D eigenvalue weighted by atomic mass is 19.1. The second kappa shape index (κ2) is 5.23. The van der Waals surface area contributed by atoms with Gasteiger partial charge < -0.3 is 4.90 Å². The smallest absolute Gasteiger partial charge is 0.183 e. The molecule has 4 nitrogen and oxygen atoms in total. The zero-order valence-corrected chi connectivity index (χ0v) is 9.84. The van der Waals surface area contributed by atoms with Crippen molar-refractivity contribution in [2.45, 2.75) is 6.92 Å². The number of anilines is 2. The lowest BCUT2D eigenvalue weighted by molar-refractivity contribution is 0.627. The Balaban J connectivity index is 2.49. The van der Waals surface area contributed by atoms with Gasteiger partial charge in [0.25, 0.3) is 0 Å². The third kappa shape index (κ3) is 2.28. The van der Waals surface area contributed by atoms with Crippen molar-refractivity contribution in [3.63, 3.8) is 0 Å². The van der Waals surface area contributed by atoms with Gasteiger partial charge in [0.2, 0.25) is 0 Å². The van der Waals surface area contributed by atoms with E-state index in [2.05, 4.69) is 9.97 Å². The van der Waals surface area contributed by atoms with E-state index in [1.54, 1.807) is 17.0 Å². The van der Waals surface area contributed by atoms with Crippen LogP contribution in [0, 0.1) is 17.1 Å². The van der Waals surface area contributed by atoms with Crippen LogP contribution in [0.15, 0.2) is 36.7 Å². The summed E-state index contributed by atoms with van der Waals surface area (Å²) < 4.78 is 13.2. The van der Waals surface area contributed by atoms with Crippen LogP contribution in [0.2, 0.25) is 0 Å². The van der Waals surface area contributed by atoms with Crippen molar-refractivity contribution in [1.29, 1.82) is 5.26 Å². The molecule has 2 aromatic rings. The molecule has 0 N–H and O–H groups in total. The molecule has 0 bridgehead atoms. The van der Waals surface area contributed by atoms with Crippen LogP contribution < -0.4 is 4.90 Å². The summed E-state index contributed by atoms with van der Waals surface area (Å²) in [7, 11) is 0. The topological polar surface area (TPSA) is 52.8 Å². The molecule has 0 radical (unpaired) electrons. The fourth-order valence-electron chi connectivity index (χ4n) is 1.71. The summed E-state index contributed by atoms with van der Waals surface area (Å²) in [5.41, 5.74) is 0.873. The monoisotopic (exact) mass is 242 g/mol. The van der Waals surface area contributed by atoms with Crippen LogP contribution in [0.3, 0.4) is 0 Å². The molecule has 1 aromatic heterocycles. The molecule has 0 atom stereocenters. The van der Waals surface area contributed by atoms with Gasteiger partial charge in [-0.05, 0) is 25.1 Å². The Labute approximate surface area is 104 Å². The summed E-state index contributed by atoms with van der Waals surface area (Å²) in [5, 5.41) is 9.01. The minimum Gasteiger partial charge on any atom is -0.324 e. The quantitative estimate of drug-likeness (QED) is 0.830. The first kappa shape index (κ1) is 12.0. The van der Waals surface area contributed by atoms with Crippen molar-refractivity contribution >= 4 is 11.5 Å². The predicted molar refractivity (Wildman–Crippen MR) is 65.8 cm³/mol. The molecule has 18 heavy (non-hydrogen) atoms. The average molecular weight is 242 g/mol. The van der Waals surface area contributed by atoms with E-state index >= 15 is 0 Å². The van der Waals surface area contributed by atoms with Crippen molar-refractivity contribution in [3.05, 3.63) is 48.2 Å². The third-order valence-electron chi connectivity index (χ3n) is 2.48. The van der Waals surface area contributed by atoms with Gasteiger partial charge in [-0.1, -0.05) is 6.07 Å². The largest absolute Gasteiger partial charge is 0.324 e. The summed E-state index contributed by atoms with van der Waals surface area (Å²) in [5.74, 6) is 0.112. The minimum absolute atomic E-state index is 0.226. The lowest BCUT2D eigenvalue weighted by atomic mass is 10.2. The summed E-state index contributed by atoms with van der Waals surface area (Å²) in [6.45, 7) is 2.47. The van der Waals surface area contributed by atoms with Gasteiger partial charge in [0, 0.05) is 24.6 Å². The zero-order chi connectivity index (χ0) is 13.0. The van der Waals surface area contributed by atoms with Crippen LogP contribution in [0.4, 0.5) is 15.9 Å². The summed E-state index contributed by atoms with van der Waals surface area (Å²) >= 11 is 0. The highest BCUT2D eigenvalue weighted by Gasteiger charge is 2.14. The average Bonchev–Trinajstić information content (AvgIpc) is 2.40. The lowest BCUT2D eigenvalue weighted by Gasteiger charge is -2.22. The predicted octanol–water partition coefficient (Wildman–Crippen LogP) is 2.65. The summed E-state index contributed by atoms with van der Waals surface area (Å²) in [6, 6.07) is 8.15. The fourth-order valence-corrected chi connectivity index (χ4v) is 1.71. The van der Waals surface area contributed by atoms with E-state index in [-0.39, 0.29) is 11.5 Å². The number of halogens is 1. The molecular weight excluding hydrogens is 231 g/mol. The molecule has 2 rings (SSSR count). The first-order valence-corrected chi connectivity index (χ1v) is 5.50. The van der Waals surface area contributed by atoms with Gasteiger partial charge in [0.05, 0.1) is 0 Å². The van der Waals surface area contributed by atoms with Gasteiger partial charge in [0.15, 0.2) is 11.5 Å². The van der Waals surface area contributed by atoms with E-state index in [0.717, 1.165) is 0 Å². The Morgan fingerprint density at radius 3 is 2.78 bits per heavy atom. The number of rotatable bonds is 3. The molecule has 0 fully saturated rings. The molecule has 1 aromatic carbocycles. The van der Waals surface area contributed by atoms with Crippen LogP contribution in [-0.4, -0.2) is 16.5 Å². The van der Waals surface area contributed by atoms with E-state index in [4.69, 9.17) is 5.26 Å². The minimum atomic E-state index is -0.326. The Morgan fingerprint density at radius 1 is 1.33 bits per heavy atom. The van der Waals surface area contributed by atoms with Crippen LogP contribution >= 0.6 is 0 Å². The number of nitrogens with zero attached hydrogens (tertiary/aromatic N) is 4. The lowest BCUT2D eigenvalue weighted by Crippen LogP contribution is -2.19.